The minimum Gasteiger partial charge on any atom is -0.382 e. The second-order valence-electron chi connectivity index (χ2n) is 17.0. The van der Waals surface area contributed by atoms with Crippen molar-refractivity contribution in [2.75, 3.05) is 54.7 Å². The number of carbonyl (C=O) groups is 6. The summed E-state index contributed by atoms with van der Waals surface area (Å²) in [6.07, 6.45) is 7.28. The topological polar surface area (TPSA) is 227 Å². The molecule has 0 spiro atoms. The number of amides is 5. The molecule has 21 heteroatoms. The number of aromatic amines is 1. The first kappa shape index (κ1) is 45.0. The molecule has 2 aromatic carbocycles. The van der Waals surface area contributed by atoms with E-state index in [0.29, 0.717) is 85.5 Å². The molecule has 3 aromatic heterocycles. The summed E-state index contributed by atoms with van der Waals surface area (Å²) in [6.45, 7) is 3.81. The third-order valence-corrected chi connectivity index (χ3v) is 14.6. The first-order valence-corrected chi connectivity index (χ1v) is 23.4. The second kappa shape index (κ2) is 17.9. The van der Waals surface area contributed by atoms with Gasteiger partial charge in [-0.1, -0.05) is 13.0 Å². The van der Waals surface area contributed by atoms with Crippen molar-refractivity contribution in [3.05, 3.63) is 101 Å². The Morgan fingerprint density at radius 1 is 0.881 bits per heavy atom. The van der Waals surface area contributed by atoms with E-state index in [1.807, 2.05) is 17.0 Å². The van der Waals surface area contributed by atoms with E-state index in [9.17, 15) is 37.2 Å². The highest BCUT2D eigenvalue weighted by atomic mass is 32.2. The molecular weight excluding hydrogens is 891 g/mol. The molecule has 67 heavy (non-hydrogen) atoms. The molecule has 0 bridgehead atoms. The smallest absolute Gasteiger partial charge is 0.301 e. The van der Waals surface area contributed by atoms with E-state index in [0.717, 1.165) is 21.3 Å². The molecule has 0 radical (unpaired) electrons. The third kappa shape index (κ3) is 8.48. The minimum atomic E-state index is -4.16. The van der Waals surface area contributed by atoms with Gasteiger partial charge in [-0.3, -0.25) is 43.7 Å². The van der Waals surface area contributed by atoms with Gasteiger partial charge < -0.3 is 20.1 Å². The highest BCUT2D eigenvalue weighted by Gasteiger charge is 2.46. The number of piperazine rings is 1. The van der Waals surface area contributed by atoms with Crippen molar-refractivity contribution in [2.45, 2.75) is 57.5 Å². The van der Waals surface area contributed by atoms with Gasteiger partial charge in [0.1, 0.15) is 23.3 Å². The predicted octanol–water partition coefficient (Wildman–Crippen LogP) is 4.46. The van der Waals surface area contributed by atoms with E-state index >= 15 is 8.78 Å². The summed E-state index contributed by atoms with van der Waals surface area (Å²) in [4.78, 5) is 95.4. The zero-order valence-corrected chi connectivity index (χ0v) is 37.3. The van der Waals surface area contributed by atoms with Gasteiger partial charge in [0, 0.05) is 105 Å². The number of rotatable bonds is 12. The van der Waals surface area contributed by atoms with E-state index in [4.69, 9.17) is 0 Å². The van der Waals surface area contributed by atoms with Crippen LogP contribution in [0.3, 0.4) is 0 Å². The Morgan fingerprint density at radius 2 is 1.63 bits per heavy atom. The number of pyridine rings is 2. The maximum absolute atomic E-state index is 15.6. The lowest BCUT2D eigenvalue weighted by molar-refractivity contribution is -0.137. The standard InChI is InChI=1S/C46H46F2N10O8S/c1-3-55(2)67(65,66)54-34-13-12-32(47)39(40(34)48)41(60)31-24-51-42-30(31)21-27(23-50-42)26-9-15-36(49-22-26)56-17-19-57(20-18-56)44(62)25-7-10-28(11-8-25)52-33-6-4-5-29-38(33)46(64)58(45(29)63)35-14-16-37(59)53-43(35)61/h4-6,9,12-13,15,21-25,28,35,52,54H,3,7-8,10-11,14,16-20H2,1-2H3,(H,50,51)(H,53,59,61)/t25-,28-,35?. The van der Waals surface area contributed by atoms with Crippen molar-refractivity contribution >= 4 is 73.8 Å². The van der Waals surface area contributed by atoms with Crippen LogP contribution < -0.4 is 20.3 Å². The van der Waals surface area contributed by atoms with Gasteiger partial charge in [0.25, 0.3) is 11.8 Å². The Balaban J connectivity index is 0.795. The monoisotopic (exact) mass is 936 g/mol. The van der Waals surface area contributed by atoms with E-state index in [1.54, 1.807) is 43.6 Å². The number of anilines is 3. The largest absolute Gasteiger partial charge is 0.382 e. The number of fused-ring (bicyclic) bond motifs is 2. The lowest BCUT2D eigenvalue weighted by Crippen LogP contribution is -2.54. The zero-order chi connectivity index (χ0) is 47.3. The minimum absolute atomic E-state index is 0.0352. The third-order valence-electron chi connectivity index (χ3n) is 13.1. The molecular formula is C46H46F2N10O8S. The Hall–Kier alpha value is -7.13. The summed E-state index contributed by atoms with van der Waals surface area (Å²) in [6, 6.07) is 11.0. The highest BCUT2D eigenvalue weighted by Crippen LogP contribution is 2.36. The first-order chi connectivity index (χ1) is 32.1. The Bertz CT molecular complexity index is 2970. The van der Waals surface area contributed by atoms with Gasteiger partial charge in [0.05, 0.1) is 22.4 Å². The molecule has 1 aliphatic carbocycles. The molecule has 4 N–H and O–H groups in total. The number of hydrogen-bond acceptors (Lipinski definition) is 12. The van der Waals surface area contributed by atoms with Gasteiger partial charge >= 0.3 is 10.2 Å². The van der Waals surface area contributed by atoms with Crippen LogP contribution >= 0.6 is 0 Å². The molecule has 1 saturated carbocycles. The SMILES string of the molecule is CCN(C)S(=O)(=O)Nc1ccc(F)c(C(=O)c2c[nH]c3ncc(-c4ccc(N5CCN(C(=O)[C@H]6CC[C@H](Nc7cccc8c7C(=O)N(C7CCC(=O)NC7=O)C8=O)CC6)CC5)nc4)cc23)c1F. The zero-order valence-electron chi connectivity index (χ0n) is 36.5. The number of hydrogen-bond donors (Lipinski definition) is 4. The number of imide groups is 2. The van der Waals surface area contributed by atoms with E-state index in [2.05, 4.69) is 35.2 Å². The number of aromatic nitrogens is 3. The van der Waals surface area contributed by atoms with Crippen LogP contribution in [0.25, 0.3) is 22.2 Å². The molecule has 4 aliphatic rings. The van der Waals surface area contributed by atoms with Gasteiger partial charge in [-0.2, -0.15) is 12.7 Å². The fourth-order valence-electron chi connectivity index (χ4n) is 9.21. The quantitative estimate of drug-likeness (QED) is 0.101. The first-order valence-electron chi connectivity index (χ1n) is 22.0. The maximum Gasteiger partial charge on any atom is 0.301 e. The Morgan fingerprint density at radius 3 is 2.33 bits per heavy atom. The molecule has 3 aliphatic heterocycles. The normalized spacial score (nSPS) is 20.1. The average molecular weight is 937 g/mol. The van der Waals surface area contributed by atoms with Gasteiger partial charge in [0.2, 0.25) is 23.5 Å². The van der Waals surface area contributed by atoms with Crippen molar-refractivity contribution in [2.24, 2.45) is 5.92 Å². The number of nitrogens with one attached hydrogen (secondary N) is 4. The molecule has 6 heterocycles. The fraction of sp³-hybridized carbons (Fsp3) is 0.348. The number of nitrogens with zero attached hydrogens (tertiary/aromatic N) is 6. The van der Waals surface area contributed by atoms with Gasteiger partial charge in [-0.25, -0.2) is 18.7 Å². The van der Waals surface area contributed by atoms with Gasteiger partial charge in [-0.15, -0.1) is 0 Å². The summed E-state index contributed by atoms with van der Waals surface area (Å²) in [7, 11) is -2.88. The van der Waals surface area contributed by atoms with Crippen molar-refractivity contribution in [3.63, 3.8) is 0 Å². The van der Waals surface area contributed by atoms with Crippen molar-refractivity contribution in [1.82, 2.24) is 34.4 Å². The second-order valence-corrected chi connectivity index (χ2v) is 18.8. The fourth-order valence-corrected chi connectivity index (χ4v) is 10.1. The van der Waals surface area contributed by atoms with E-state index in [1.165, 1.54) is 13.2 Å². The van der Waals surface area contributed by atoms with Crippen LogP contribution in [0, 0.1) is 17.6 Å². The number of halogens is 2. The Labute approximate surface area is 383 Å². The van der Waals surface area contributed by atoms with Gasteiger partial charge in [0.15, 0.2) is 5.82 Å². The number of benzene rings is 2. The van der Waals surface area contributed by atoms with Crippen LogP contribution in [-0.2, 0) is 24.6 Å². The molecule has 2 saturated heterocycles. The maximum atomic E-state index is 15.6. The molecule has 1 atom stereocenters. The molecule has 9 rings (SSSR count). The van der Waals surface area contributed by atoms with E-state index < -0.39 is 68.5 Å². The number of H-pyrrole nitrogens is 1. The lowest BCUT2D eigenvalue weighted by Gasteiger charge is -2.38. The van der Waals surface area contributed by atoms with Crippen LogP contribution in [0.1, 0.15) is 82.1 Å². The summed E-state index contributed by atoms with van der Waals surface area (Å²) < 4.78 is 58.8. The molecule has 5 amide bonds. The van der Waals surface area contributed by atoms with Crippen LogP contribution in [0.15, 0.2) is 67.1 Å². The molecule has 18 nitrogen and oxygen atoms in total. The van der Waals surface area contributed by atoms with Crippen LogP contribution in [0.5, 0.6) is 0 Å². The van der Waals surface area contributed by atoms with Crippen molar-refractivity contribution < 1.29 is 46.0 Å². The summed E-state index contributed by atoms with van der Waals surface area (Å²) in [5.74, 6) is -5.13. The summed E-state index contributed by atoms with van der Waals surface area (Å²) in [5, 5.41) is 5.94. The molecule has 3 fully saturated rings. The number of carbonyl (C=O) groups excluding carboxylic acids is 6. The summed E-state index contributed by atoms with van der Waals surface area (Å²) >= 11 is 0. The summed E-state index contributed by atoms with van der Waals surface area (Å²) in [5.41, 5.74) is 0.888. The lowest BCUT2D eigenvalue weighted by atomic mass is 9.84. The molecule has 5 aromatic rings. The van der Waals surface area contributed by atoms with Crippen molar-refractivity contribution in [1.29, 1.82) is 0 Å². The van der Waals surface area contributed by atoms with Gasteiger partial charge in [-0.05, 0) is 74.6 Å². The predicted molar refractivity (Wildman–Crippen MR) is 241 cm³/mol. The highest BCUT2D eigenvalue weighted by molar-refractivity contribution is 7.90. The van der Waals surface area contributed by atoms with Crippen LogP contribution in [0.4, 0.5) is 26.0 Å². The van der Waals surface area contributed by atoms with Crippen molar-refractivity contribution in [3.8, 4) is 11.1 Å². The van der Waals surface area contributed by atoms with Crippen LogP contribution in [0.2, 0.25) is 0 Å². The number of piperidine rings is 1. The average Bonchev–Trinajstić information content (AvgIpc) is 3.87. The Kier molecular flexibility index (Phi) is 12.1. The van der Waals surface area contributed by atoms with E-state index in [-0.39, 0.29) is 53.9 Å². The van der Waals surface area contributed by atoms with Crippen LogP contribution in [-0.4, -0.2) is 125 Å². The number of ketones is 1. The molecule has 348 valence electrons. The molecule has 1 unspecified atom stereocenters.